The maximum atomic E-state index is 12.8. The van der Waals surface area contributed by atoms with E-state index in [2.05, 4.69) is 73.1 Å². The Labute approximate surface area is 219 Å². The summed E-state index contributed by atoms with van der Waals surface area (Å²) in [6.45, 7) is 6.05. The number of carbonyl (C=O) groups excluding carboxylic acids is 2. The van der Waals surface area contributed by atoms with Gasteiger partial charge in [0.15, 0.2) is 0 Å². The van der Waals surface area contributed by atoms with Crippen molar-refractivity contribution in [3.8, 4) is 0 Å². The van der Waals surface area contributed by atoms with Crippen LogP contribution in [0.25, 0.3) is 0 Å². The van der Waals surface area contributed by atoms with E-state index in [1.807, 2.05) is 26.0 Å². The third kappa shape index (κ3) is 6.43. The molecule has 0 amide bonds. The maximum Gasteiger partial charge on any atom is 0.339 e. The molecule has 0 aromatic heterocycles. The van der Waals surface area contributed by atoms with E-state index in [4.69, 9.17) is 9.47 Å². The molecule has 1 aliphatic heterocycles. The molecule has 0 atom stereocenters. The third-order valence-electron chi connectivity index (χ3n) is 6.18. The van der Waals surface area contributed by atoms with Gasteiger partial charge in [-0.1, -0.05) is 0 Å². The molecule has 0 radical (unpaired) electrons. The standard InChI is InChI=1S/C22H28I3NO4/c1-22(2,14-7-9-26-10-8-14)30-20(27)13-3-5-16(6-4-13)29-21(28)17-11-15(23)12-18(24)19(17)25/h11-14,16,26H,3-10H2,1-2H3. The van der Waals surface area contributed by atoms with E-state index in [1.54, 1.807) is 0 Å². The Morgan fingerprint density at radius 1 is 1.00 bits per heavy atom. The Kier molecular flexibility index (Phi) is 9.11. The Morgan fingerprint density at radius 2 is 1.63 bits per heavy atom. The largest absolute Gasteiger partial charge is 0.459 e. The molecule has 8 heteroatoms. The third-order valence-corrected chi connectivity index (χ3v) is 9.85. The summed E-state index contributed by atoms with van der Waals surface area (Å²) in [7, 11) is 0. The zero-order chi connectivity index (χ0) is 21.9. The smallest absolute Gasteiger partial charge is 0.339 e. The Morgan fingerprint density at radius 3 is 2.27 bits per heavy atom. The van der Waals surface area contributed by atoms with Gasteiger partial charge in [0.2, 0.25) is 0 Å². The van der Waals surface area contributed by atoms with E-state index >= 15 is 0 Å². The second kappa shape index (κ2) is 11.0. The lowest BCUT2D eigenvalue weighted by molar-refractivity contribution is -0.169. The lowest BCUT2D eigenvalue weighted by Gasteiger charge is -2.38. The second-order valence-electron chi connectivity index (χ2n) is 8.68. The molecule has 0 unspecified atom stereocenters. The summed E-state index contributed by atoms with van der Waals surface area (Å²) in [5.74, 6) is -0.0578. The van der Waals surface area contributed by atoms with Crippen molar-refractivity contribution in [3.05, 3.63) is 28.4 Å². The molecule has 1 heterocycles. The number of ether oxygens (including phenoxy) is 2. The molecule has 30 heavy (non-hydrogen) atoms. The molecular formula is C22H28I3NO4. The highest BCUT2D eigenvalue weighted by atomic mass is 127. The van der Waals surface area contributed by atoms with Gasteiger partial charge in [0.1, 0.15) is 11.7 Å². The van der Waals surface area contributed by atoms with E-state index in [-0.39, 0.29) is 24.0 Å². The molecule has 0 bridgehead atoms. The number of piperidine rings is 1. The van der Waals surface area contributed by atoms with E-state index in [0.29, 0.717) is 37.2 Å². The molecule has 2 aliphatic rings. The highest BCUT2D eigenvalue weighted by Crippen LogP contribution is 2.33. The lowest BCUT2D eigenvalue weighted by atomic mass is 9.82. The van der Waals surface area contributed by atoms with Gasteiger partial charge in [-0.05, 0) is 145 Å². The second-order valence-corrected chi connectivity index (χ2v) is 12.2. The molecule has 3 rings (SSSR count). The monoisotopic (exact) mass is 751 g/mol. The van der Waals surface area contributed by atoms with E-state index in [1.165, 1.54) is 0 Å². The molecule has 1 aromatic carbocycles. The van der Waals surface area contributed by atoms with Crippen LogP contribution in [-0.4, -0.2) is 36.7 Å². The van der Waals surface area contributed by atoms with Gasteiger partial charge in [-0.25, -0.2) is 4.79 Å². The Bertz CT molecular complexity index is 785. The number of nitrogens with one attached hydrogen (secondary N) is 1. The topological polar surface area (TPSA) is 64.6 Å². The van der Waals surface area contributed by atoms with Crippen LogP contribution in [0, 0.1) is 22.5 Å². The van der Waals surface area contributed by atoms with Gasteiger partial charge in [0.05, 0.1) is 11.5 Å². The van der Waals surface area contributed by atoms with E-state index in [0.717, 1.165) is 36.6 Å². The Hall–Kier alpha value is 0.310. The van der Waals surface area contributed by atoms with Gasteiger partial charge in [0.25, 0.3) is 0 Å². The number of halogens is 3. The van der Waals surface area contributed by atoms with Gasteiger partial charge in [-0.2, -0.15) is 0 Å². The highest BCUT2D eigenvalue weighted by Gasteiger charge is 2.37. The van der Waals surface area contributed by atoms with Crippen LogP contribution in [0.1, 0.15) is 62.7 Å². The van der Waals surface area contributed by atoms with Crippen LogP contribution in [0.15, 0.2) is 12.1 Å². The molecule has 1 saturated heterocycles. The first-order chi connectivity index (χ1) is 14.2. The zero-order valence-electron chi connectivity index (χ0n) is 17.3. The molecule has 0 spiro atoms. The van der Waals surface area contributed by atoms with Crippen molar-refractivity contribution in [3.63, 3.8) is 0 Å². The maximum absolute atomic E-state index is 12.8. The molecule has 1 aliphatic carbocycles. The van der Waals surface area contributed by atoms with Crippen LogP contribution in [-0.2, 0) is 14.3 Å². The Balaban J connectivity index is 1.51. The minimum atomic E-state index is -0.430. The van der Waals surface area contributed by atoms with Crippen molar-refractivity contribution in [2.75, 3.05) is 13.1 Å². The summed E-state index contributed by atoms with van der Waals surface area (Å²) >= 11 is 6.66. The van der Waals surface area contributed by atoms with Gasteiger partial charge in [0, 0.05) is 16.6 Å². The first kappa shape index (κ1) is 24.9. The SMILES string of the molecule is CC(C)(OC(=O)C1CCC(OC(=O)c2cc(I)cc(I)c2I)CC1)C1CCNCC1. The van der Waals surface area contributed by atoms with Gasteiger partial charge in [-0.3, -0.25) is 4.79 Å². The number of hydrogen-bond acceptors (Lipinski definition) is 5. The molecule has 2 fully saturated rings. The van der Waals surface area contributed by atoms with Crippen molar-refractivity contribution in [2.45, 2.75) is 64.1 Å². The summed E-state index contributed by atoms with van der Waals surface area (Å²) in [6, 6.07) is 3.92. The molecule has 166 valence electrons. The minimum absolute atomic E-state index is 0.0926. The van der Waals surface area contributed by atoms with Crippen LogP contribution >= 0.6 is 67.8 Å². The summed E-state index contributed by atoms with van der Waals surface area (Å²) in [5.41, 5.74) is 0.193. The number of esters is 2. The van der Waals surface area contributed by atoms with Crippen LogP contribution in [0.4, 0.5) is 0 Å². The van der Waals surface area contributed by atoms with Crippen LogP contribution in [0.3, 0.4) is 0 Å². The summed E-state index contributed by atoms with van der Waals surface area (Å²) < 4.78 is 14.7. The van der Waals surface area contributed by atoms with Crippen molar-refractivity contribution >= 4 is 79.7 Å². The summed E-state index contributed by atoms with van der Waals surface area (Å²) in [5, 5.41) is 3.36. The minimum Gasteiger partial charge on any atom is -0.459 e. The van der Waals surface area contributed by atoms with Crippen LogP contribution < -0.4 is 5.32 Å². The lowest BCUT2D eigenvalue weighted by Crippen LogP contribution is -2.44. The average molecular weight is 751 g/mol. The van der Waals surface area contributed by atoms with Gasteiger partial charge in [-0.15, -0.1) is 0 Å². The molecular weight excluding hydrogens is 723 g/mol. The van der Waals surface area contributed by atoms with Crippen molar-refractivity contribution in [1.82, 2.24) is 5.32 Å². The molecule has 1 aromatic rings. The first-order valence-corrected chi connectivity index (χ1v) is 13.7. The zero-order valence-corrected chi connectivity index (χ0v) is 23.8. The molecule has 1 saturated carbocycles. The quantitative estimate of drug-likeness (QED) is 0.244. The highest BCUT2D eigenvalue weighted by molar-refractivity contribution is 14.1. The number of carbonyl (C=O) groups is 2. The predicted molar refractivity (Wildman–Crippen MR) is 142 cm³/mol. The van der Waals surface area contributed by atoms with Crippen molar-refractivity contribution in [1.29, 1.82) is 0 Å². The van der Waals surface area contributed by atoms with Crippen molar-refractivity contribution in [2.24, 2.45) is 11.8 Å². The molecule has 5 nitrogen and oxygen atoms in total. The fourth-order valence-electron chi connectivity index (χ4n) is 4.28. The summed E-state index contributed by atoms with van der Waals surface area (Å²) in [6.07, 6.45) is 4.77. The fraction of sp³-hybridized carbons (Fsp3) is 0.636. The van der Waals surface area contributed by atoms with E-state index in [9.17, 15) is 9.59 Å². The normalized spacial score (nSPS) is 23.1. The first-order valence-electron chi connectivity index (χ1n) is 10.5. The van der Waals surface area contributed by atoms with Crippen molar-refractivity contribution < 1.29 is 19.1 Å². The fourth-order valence-corrected chi connectivity index (χ4v) is 6.66. The summed E-state index contributed by atoms with van der Waals surface area (Å²) in [4.78, 5) is 25.5. The average Bonchev–Trinajstić information content (AvgIpc) is 2.71. The number of rotatable bonds is 5. The molecule has 1 N–H and O–H groups in total. The van der Waals surface area contributed by atoms with Gasteiger partial charge >= 0.3 is 11.9 Å². The predicted octanol–water partition coefficient (Wildman–Crippen LogP) is 5.54. The van der Waals surface area contributed by atoms with Crippen LogP contribution in [0.5, 0.6) is 0 Å². The van der Waals surface area contributed by atoms with Crippen LogP contribution in [0.2, 0.25) is 0 Å². The van der Waals surface area contributed by atoms with E-state index < -0.39 is 5.60 Å². The number of benzene rings is 1. The van der Waals surface area contributed by atoms with Gasteiger partial charge < -0.3 is 14.8 Å². The number of hydrogen-bond donors (Lipinski definition) is 1.